The van der Waals surface area contributed by atoms with E-state index in [4.69, 9.17) is 16.3 Å². The van der Waals surface area contributed by atoms with E-state index in [1.165, 1.54) is 0 Å². The molecule has 1 amide bonds. The van der Waals surface area contributed by atoms with Gasteiger partial charge in [-0.25, -0.2) is 0 Å². The Morgan fingerprint density at radius 1 is 1.07 bits per heavy atom. The lowest BCUT2D eigenvalue weighted by Crippen LogP contribution is -2.43. The van der Waals surface area contributed by atoms with E-state index in [1.807, 2.05) is 42.5 Å². The summed E-state index contributed by atoms with van der Waals surface area (Å²) < 4.78 is 5.24. The maximum absolute atomic E-state index is 13.3. The minimum atomic E-state index is -0.255. The molecule has 0 bridgehead atoms. The first-order valence-electron chi connectivity index (χ1n) is 9.78. The van der Waals surface area contributed by atoms with E-state index in [9.17, 15) is 9.59 Å². The lowest BCUT2D eigenvalue weighted by Gasteiger charge is -2.43. The van der Waals surface area contributed by atoms with Crippen molar-refractivity contribution in [3.63, 3.8) is 0 Å². The summed E-state index contributed by atoms with van der Waals surface area (Å²) in [7, 11) is 1.61. The number of ketones is 1. The first kappa shape index (κ1) is 19.7. The predicted molar refractivity (Wildman–Crippen MR) is 114 cm³/mol. The molecule has 0 fully saturated rings. The Morgan fingerprint density at radius 2 is 1.79 bits per heavy atom. The van der Waals surface area contributed by atoms with E-state index in [0.717, 1.165) is 28.3 Å². The fourth-order valence-corrected chi connectivity index (χ4v) is 4.65. The first-order chi connectivity index (χ1) is 13.8. The molecule has 0 N–H and O–H groups in total. The molecule has 29 heavy (non-hydrogen) atoms. The number of methoxy groups -OCH3 is 1. The van der Waals surface area contributed by atoms with Crippen molar-refractivity contribution in [2.24, 2.45) is 5.41 Å². The number of hydrogen-bond acceptors (Lipinski definition) is 3. The molecule has 1 aliphatic heterocycles. The van der Waals surface area contributed by atoms with E-state index in [2.05, 4.69) is 13.8 Å². The Labute approximate surface area is 176 Å². The molecule has 1 unspecified atom stereocenters. The summed E-state index contributed by atoms with van der Waals surface area (Å²) in [6.45, 7) is 4.16. The van der Waals surface area contributed by atoms with Gasteiger partial charge in [-0.05, 0) is 53.8 Å². The van der Waals surface area contributed by atoms with Crippen LogP contribution < -0.4 is 9.64 Å². The average Bonchev–Trinajstić information content (AvgIpc) is 2.66. The third kappa shape index (κ3) is 3.69. The Hall–Kier alpha value is -2.59. The summed E-state index contributed by atoms with van der Waals surface area (Å²) in [4.78, 5) is 28.3. The van der Waals surface area contributed by atoms with Gasteiger partial charge in [-0.1, -0.05) is 37.6 Å². The Morgan fingerprint density at radius 3 is 2.45 bits per heavy atom. The maximum Gasteiger partial charge on any atom is 0.232 e. The van der Waals surface area contributed by atoms with Crippen molar-refractivity contribution in [1.29, 1.82) is 0 Å². The number of rotatable bonds is 3. The van der Waals surface area contributed by atoms with Crippen molar-refractivity contribution in [3.8, 4) is 5.75 Å². The highest BCUT2D eigenvalue weighted by atomic mass is 35.5. The number of amides is 1. The van der Waals surface area contributed by atoms with Crippen molar-refractivity contribution >= 4 is 29.0 Å². The van der Waals surface area contributed by atoms with Crippen LogP contribution in [0.2, 0.25) is 5.02 Å². The summed E-state index contributed by atoms with van der Waals surface area (Å²) in [6.07, 6.45) is 1.40. The van der Waals surface area contributed by atoms with Crippen molar-refractivity contribution in [1.82, 2.24) is 0 Å². The third-order valence-electron chi connectivity index (χ3n) is 5.72. The first-order valence-corrected chi connectivity index (χ1v) is 10.2. The molecule has 2 aliphatic rings. The molecular weight excluding hydrogens is 386 g/mol. The number of Topliss-reactive ketones (excluding diaryl/α,β-unsaturated/α-hetero) is 1. The van der Waals surface area contributed by atoms with Crippen LogP contribution in [-0.2, 0) is 9.59 Å². The van der Waals surface area contributed by atoms with Gasteiger partial charge >= 0.3 is 0 Å². The number of benzene rings is 2. The highest BCUT2D eigenvalue weighted by Gasteiger charge is 2.44. The van der Waals surface area contributed by atoms with Gasteiger partial charge < -0.3 is 4.74 Å². The maximum atomic E-state index is 13.3. The molecule has 4 nitrogen and oxygen atoms in total. The molecule has 0 radical (unpaired) electrons. The van der Waals surface area contributed by atoms with Crippen molar-refractivity contribution in [2.75, 3.05) is 12.0 Å². The normalized spacial score (nSPS) is 21.2. The summed E-state index contributed by atoms with van der Waals surface area (Å²) in [5, 5.41) is 0.610. The zero-order valence-electron chi connectivity index (χ0n) is 16.9. The highest BCUT2D eigenvalue weighted by molar-refractivity contribution is 6.30. The van der Waals surface area contributed by atoms with E-state index in [1.54, 1.807) is 18.1 Å². The Balaban J connectivity index is 1.87. The van der Waals surface area contributed by atoms with Gasteiger partial charge in [-0.3, -0.25) is 14.5 Å². The van der Waals surface area contributed by atoms with Crippen molar-refractivity contribution < 1.29 is 14.3 Å². The second-order valence-corrected chi connectivity index (χ2v) is 8.98. The smallest absolute Gasteiger partial charge is 0.232 e. The number of nitrogens with zero attached hydrogens (tertiary/aromatic N) is 1. The summed E-state index contributed by atoms with van der Waals surface area (Å²) in [6, 6.07) is 14.9. The van der Waals surface area contributed by atoms with Crippen LogP contribution in [0.4, 0.5) is 5.69 Å². The molecule has 0 aromatic heterocycles. The van der Waals surface area contributed by atoms with Gasteiger partial charge in [-0.2, -0.15) is 0 Å². The van der Waals surface area contributed by atoms with Crippen LogP contribution in [0.3, 0.4) is 0 Å². The van der Waals surface area contributed by atoms with Crippen LogP contribution in [0.1, 0.15) is 44.6 Å². The Bertz CT molecular complexity index is 1010. The van der Waals surface area contributed by atoms with Crippen LogP contribution in [0, 0.1) is 5.41 Å². The van der Waals surface area contributed by atoms with E-state index in [0.29, 0.717) is 17.9 Å². The molecule has 1 atom stereocenters. The topological polar surface area (TPSA) is 46.6 Å². The molecule has 1 aliphatic carbocycles. The van der Waals surface area contributed by atoms with E-state index >= 15 is 0 Å². The number of anilines is 1. The quantitative estimate of drug-likeness (QED) is 0.671. The number of halogens is 1. The molecule has 150 valence electrons. The monoisotopic (exact) mass is 409 g/mol. The molecular formula is C24H24ClNO3. The zero-order chi connectivity index (χ0) is 20.8. The second kappa shape index (κ2) is 7.34. The van der Waals surface area contributed by atoms with Crippen LogP contribution in [0.15, 0.2) is 59.8 Å². The van der Waals surface area contributed by atoms with Crippen molar-refractivity contribution in [3.05, 3.63) is 70.4 Å². The van der Waals surface area contributed by atoms with Gasteiger partial charge in [0.05, 0.1) is 7.11 Å². The lowest BCUT2D eigenvalue weighted by atomic mass is 9.69. The fraction of sp³-hybridized carbons (Fsp3) is 0.333. The molecule has 2 aromatic carbocycles. The Kier molecular flexibility index (Phi) is 4.99. The van der Waals surface area contributed by atoms with Crippen molar-refractivity contribution in [2.45, 2.75) is 39.0 Å². The number of carbonyl (C=O) groups excluding carboxylic acids is 2. The van der Waals surface area contributed by atoms with Crippen LogP contribution >= 0.6 is 11.6 Å². The van der Waals surface area contributed by atoms with Crippen LogP contribution in [-0.4, -0.2) is 18.8 Å². The lowest BCUT2D eigenvalue weighted by molar-refractivity contribution is -0.121. The standard InChI is InChI=1S/C24H24ClNO3/c1-24(2)13-20-23(21(27)14-24)19(15-5-4-6-16(25)11-15)12-22(28)26(20)17-7-9-18(29-3)10-8-17/h4-11,19H,12-14H2,1-3H3. The zero-order valence-corrected chi connectivity index (χ0v) is 17.6. The summed E-state index contributed by atoms with van der Waals surface area (Å²) in [5.74, 6) is 0.579. The number of allylic oxidation sites excluding steroid dienone is 2. The van der Waals surface area contributed by atoms with Crippen LogP contribution in [0.5, 0.6) is 5.75 Å². The van der Waals surface area contributed by atoms with Gasteiger partial charge in [0.1, 0.15) is 5.75 Å². The van der Waals surface area contributed by atoms with Gasteiger partial charge in [0, 0.05) is 40.7 Å². The minimum Gasteiger partial charge on any atom is -0.497 e. The predicted octanol–water partition coefficient (Wildman–Crippen LogP) is 5.51. The average molecular weight is 410 g/mol. The molecule has 0 saturated carbocycles. The molecule has 5 heteroatoms. The summed E-state index contributed by atoms with van der Waals surface area (Å²) in [5.41, 5.74) is 3.05. The second-order valence-electron chi connectivity index (χ2n) is 8.54. The van der Waals surface area contributed by atoms with Crippen LogP contribution in [0.25, 0.3) is 0 Å². The molecule has 4 rings (SSSR count). The number of ether oxygens (including phenoxy) is 1. The number of carbonyl (C=O) groups is 2. The molecule has 0 spiro atoms. The van der Waals surface area contributed by atoms with Gasteiger partial charge in [-0.15, -0.1) is 0 Å². The summed E-state index contributed by atoms with van der Waals surface area (Å²) >= 11 is 6.20. The van der Waals surface area contributed by atoms with E-state index in [-0.39, 0.29) is 29.4 Å². The van der Waals surface area contributed by atoms with E-state index < -0.39 is 0 Å². The molecule has 1 heterocycles. The largest absolute Gasteiger partial charge is 0.497 e. The van der Waals surface area contributed by atoms with Gasteiger partial charge in [0.25, 0.3) is 0 Å². The molecule has 0 saturated heterocycles. The molecule has 2 aromatic rings. The SMILES string of the molecule is COc1ccc(N2C(=O)CC(c3cccc(Cl)c3)C3=C2CC(C)(C)CC3=O)cc1. The fourth-order valence-electron chi connectivity index (χ4n) is 4.45. The number of hydrogen-bond donors (Lipinski definition) is 0. The van der Waals surface area contributed by atoms with Gasteiger partial charge in [0.15, 0.2) is 5.78 Å². The highest BCUT2D eigenvalue weighted by Crippen LogP contribution is 2.48. The third-order valence-corrected chi connectivity index (χ3v) is 5.96. The minimum absolute atomic E-state index is 0.00982. The van der Waals surface area contributed by atoms with Gasteiger partial charge in [0.2, 0.25) is 5.91 Å².